The minimum Gasteiger partial charge on any atom is -0.493 e. The SMILES string of the molecule is C=C(/N=C(OCCOC(=O)c1ccc(CON(O)O)cc1)\C(Oc1ccccc1OC)=C(/N)N(COC(=O)OCCOCCON(O)O)S(=O)(=O)c1ccc(C(C)(C)C)cc1)c1ncccn1. The zero-order valence-electron chi connectivity index (χ0n) is 36.8. The van der Waals surface area contributed by atoms with E-state index in [2.05, 4.69) is 31.2 Å². The summed E-state index contributed by atoms with van der Waals surface area (Å²) in [5.74, 6) is -2.52. The molecule has 4 rings (SSSR count). The molecule has 1 aromatic heterocycles. The Labute approximate surface area is 384 Å². The Balaban J connectivity index is 1.76. The quantitative estimate of drug-likeness (QED) is 0.0115. The second-order valence-electron chi connectivity index (χ2n) is 14.3. The molecule has 6 N–H and O–H groups in total. The number of rotatable bonds is 25. The lowest BCUT2D eigenvalue weighted by atomic mass is 9.87. The number of hydrogen-bond donors (Lipinski definition) is 5. The first kappa shape index (κ1) is 52.8. The summed E-state index contributed by atoms with van der Waals surface area (Å²) in [6.07, 6.45) is 1.50. The van der Waals surface area contributed by atoms with Gasteiger partial charge in [0.2, 0.25) is 5.76 Å². The minimum absolute atomic E-state index is 0.0135. The molecule has 4 aromatic rings. The highest BCUT2D eigenvalue weighted by Crippen LogP contribution is 2.31. The van der Waals surface area contributed by atoms with Crippen molar-refractivity contribution in [3.05, 3.63) is 132 Å². The summed E-state index contributed by atoms with van der Waals surface area (Å²) in [6, 6.07) is 19.5. The molecule has 0 saturated carbocycles. The van der Waals surface area contributed by atoms with Gasteiger partial charge in [0.15, 0.2) is 29.9 Å². The highest BCUT2D eigenvalue weighted by molar-refractivity contribution is 7.89. The molecule has 0 atom stereocenters. The Morgan fingerprint density at radius 1 is 0.761 bits per heavy atom. The summed E-state index contributed by atoms with van der Waals surface area (Å²) in [6.45, 7) is 6.65. The van der Waals surface area contributed by atoms with Crippen molar-refractivity contribution in [3.8, 4) is 11.5 Å². The maximum absolute atomic E-state index is 14.7. The third-order valence-electron chi connectivity index (χ3n) is 8.62. The first-order chi connectivity index (χ1) is 31.9. The van der Waals surface area contributed by atoms with Crippen LogP contribution in [0, 0.1) is 0 Å². The first-order valence-corrected chi connectivity index (χ1v) is 21.2. The van der Waals surface area contributed by atoms with Crippen LogP contribution in [0.1, 0.15) is 48.1 Å². The fourth-order valence-electron chi connectivity index (χ4n) is 5.27. The topological polar surface area (TPSA) is 306 Å². The molecule has 0 aliphatic heterocycles. The molecule has 0 amide bonds. The van der Waals surface area contributed by atoms with Crippen molar-refractivity contribution < 1.29 is 81.7 Å². The maximum atomic E-state index is 14.7. The number of hydrogen-bond acceptors (Lipinski definition) is 23. The van der Waals surface area contributed by atoms with Crippen molar-refractivity contribution in [3.63, 3.8) is 0 Å². The number of ether oxygens (including phenoxy) is 7. The lowest BCUT2D eigenvalue weighted by molar-refractivity contribution is -0.497. The van der Waals surface area contributed by atoms with Crippen LogP contribution in [0.5, 0.6) is 11.5 Å². The van der Waals surface area contributed by atoms with Gasteiger partial charge in [-0.25, -0.2) is 46.9 Å². The number of carbonyl (C=O) groups is 2. The largest absolute Gasteiger partial charge is 0.510 e. The first-order valence-electron chi connectivity index (χ1n) is 19.8. The summed E-state index contributed by atoms with van der Waals surface area (Å²) in [4.78, 5) is 47.3. The van der Waals surface area contributed by atoms with Gasteiger partial charge in [-0.1, -0.05) is 63.7 Å². The number of methoxy groups -OCH3 is 1. The van der Waals surface area contributed by atoms with E-state index in [0.29, 0.717) is 9.87 Å². The molecule has 0 fully saturated rings. The van der Waals surface area contributed by atoms with Crippen molar-refractivity contribution in [2.24, 2.45) is 10.7 Å². The normalized spacial score (nSPS) is 12.3. The average Bonchev–Trinajstić information content (AvgIpc) is 3.30. The summed E-state index contributed by atoms with van der Waals surface area (Å²) in [5, 5.41) is 33.9. The van der Waals surface area contributed by atoms with Crippen LogP contribution in [0.15, 0.2) is 119 Å². The van der Waals surface area contributed by atoms with E-state index in [4.69, 9.17) is 59.7 Å². The summed E-state index contributed by atoms with van der Waals surface area (Å²) in [7, 11) is -3.43. The molecule has 0 unspecified atom stereocenters. The molecular formula is C42H51N7O17S. The average molecular weight is 958 g/mol. The second-order valence-corrected chi connectivity index (χ2v) is 16.2. The number of nitrogens with two attached hydrogens (primary N) is 1. The summed E-state index contributed by atoms with van der Waals surface area (Å²) in [5.41, 5.74) is 7.74. The number of nitrogens with zero attached hydrogens (tertiary/aromatic N) is 6. The van der Waals surface area contributed by atoms with E-state index in [1.54, 1.807) is 36.4 Å². The van der Waals surface area contributed by atoms with Crippen LogP contribution < -0.4 is 15.2 Å². The van der Waals surface area contributed by atoms with E-state index in [0.717, 1.165) is 5.56 Å². The molecule has 67 heavy (non-hydrogen) atoms. The van der Waals surface area contributed by atoms with E-state index in [1.165, 1.54) is 62.0 Å². The lowest BCUT2D eigenvalue weighted by Crippen LogP contribution is -2.39. The molecule has 362 valence electrons. The van der Waals surface area contributed by atoms with Gasteiger partial charge in [0.05, 0.1) is 54.8 Å². The predicted molar refractivity (Wildman–Crippen MR) is 230 cm³/mol. The Morgan fingerprint density at radius 3 is 2.00 bits per heavy atom. The van der Waals surface area contributed by atoms with E-state index >= 15 is 0 Å². The lowest BCUT2D eigenvalue weighted by Gasteiger charge is -2.27. The van der Waals surface area contributed by atoms with E-state index in [-0.39, 0.29) is 71.9 Å². The molecule has 0 radical (unpaired) electrons. The number of para-hydroxylation sites is 2. The fourth-order valence-corrected chi connectivity index (χ4v) is 6.53. The van der Waals surface area contributed by atoms with Crippen LogP contribution in [0.25, 0.3) is 5.70 Å². The molecule has 0 bridgehead atoms. The molecule has 3 aromatic carbocycles. The van der Waals surface area contributed by atoms with Gasteiger partial charge in [0.1, 0.15) is 25.5 Å². The van der Waals surface area contributed by atoms with E-state index in [1.807, 2.05) is 20.8 Å². The van der Waals surface area contributed by atoms with Crippen LogP contribution in [-0.4, -0.2) is 126 Å². The van der Waals surface area contributed by atoms with Gasteiger partial charge in [0.25, 0.3) is 15.9 Å². The van der Waals surface area contributed by atoms with E-state index < -0.39 is 70.4 Å². The van der Waals surface area contributed by atoms with Crippen molar-refractivity contribution in [1.29, 1.82) is 0 Å². The Bertz CT molecular complexity index is 2400. The van der Waals surface area contributed by atoms with Gasteiger partial charge >= 0.3 is 12.1 Å². The number of aromatic nitrogens is 2. The molecule has 24 nitrogen and oxygen atoms in total. The third kappa shape index (κ3) is 16.9. The van der Waals surface area contributed by atoms with Crippen LogP contribution >= 0.6 is 0 Å². The van der Waals surface area contributed by atoms with Gasteiger partial charge in [0, 0.05) is 12.4 Å². The maximum Gasteiger partial charge on any atom is 0.510 e. The van der Waals surface area contributed by atoms with Gasteiger partial charge in [-0.2, -0.15) is 0 Å². The van der Waals surface area contributed by atoms with Gasteiger partial charge in [-0.05, 0) is 59.0 Å². The zero-order chi connectivity index (χ0) is 49.0. The number of aliphatic imine (C=N–C) groups is 1. The number of esters is 1. The van der Waals surface area contributed by atoms with Crippen molar-refractivity contribution >= 4 is 33.7 Å². The minimum atomic E-state index is -4.79. The van der Waals surface area contributed by atoms with Crippen molar-refractivity contribution in [2.45, 2.75) is 37.7 Å². The fraction of sp³-hybridized carbons (Fsp3) is 0.310. The highest BCUT2D eigenvalue weighted by atomic mass is 32.2. The Morgan fingerprint density at radius 2 is 1.37 bits per heavy atom. The number of benzene rings is 3. The van der Waals surface area contributed by atoms with Gasteiger partial charge in [-0.15, -0.1) is 0 Å². The molecule has 0 aliphatic carbocycles. The molecule has 0 saturated heterocycles. The molecule has 0 aliphatic rings. The van der Waals surface area contributed by atoms with E-state index in [9.17, 15) is 18.0 Å². The van der Waals surface area contributed by atoms with Crippen LogP contribution in [0.4, 0.5) is 4.79 Å². The van der Waals surface area contributed by atoms with Crippen LogP contribution in [0.2, 0.25) is 0 Å². The number of carbonyl (C=O) groups excluding carboxylic acids is 2. The standard InChI is InChI=1S/C42H51N7O17S/c1-29(38-44-19-8-20-45-38)46-39(60-24-25-61-40(50)31-13-11-30(12-14-31)27-65-49(54)55)36(66-35-10-7-6-9-34(35)58-5)37(43)47(28-63-41(51)62-23-21-59-22-26-64-48(52)53)67(56,57)33-17-15-32(16-18-33)42(2,3)4/h6-20,52-55H,1,21-28,43H2,2-5H3/b37-36-,46-39+. The van der Waals surface area contributed by atoms with Gasteiger partial charge < -0.3 is 38.9 Å². The predicted octanol–water partition coefficient (Wildman–Crippen LogP) is 4.57. The zero-order valence-corrected chi connectivity index (χ0v) is 37.6. The molecule has 1 heterocycles. The van der Waals surface area contributed by atoms with Crippen molar-refractivity contribution in [1.82, 2.24) is 25.1 Å². The summed E-state index contributed by atoms with van der Waals surface area (Å²) >= 11 is 0. The van der Waals surface area contributed by atoms with Crippen LogP contribution in [-0.2, 0) is 55.4 Å². The second kappa shape index (κ2) is 25.8. The third-order valence-corrected chi connectivity index (χ3v) is 10.4. The van der Waals surface area contributed by atoms with Gasteiger partial charge in [-0.3, -0.25) is 20.8 Å². The molecule has 0 spiro atoms. The van der Waals surface area contributed by atoms with Crippen LogP contribution in [0.3, 0.4) is 0 Å². The summed E-state index contributed by atoms with van der Waals surface area (Å²) < 4.78 is 68.6. The Hall–Kier alpha value is -6.78. The monoisotopic (exact) mass is 957 g/mol. The number of sulfonamides is 1. The molecule has 25 heteroatoms. The molecular weight excluding hydrogens is 907 g/mol. The highest BCUT2D eigenvalue weighted by Gasteiger charge is 2.33. The smallest absolute Gasteiger partial charge is 0.493 e. The van der Waals surface area contributed by atoms with Crippen molar-refractivity contribution in [2.75, 3.05) is 53.5 Å². The Kier molecular flexibility index (Phi) is 20.3.